The molecule has 0 saturated carbocycles. The van der Waals surface area contributed by atoms with Crippen LogP contribution < -0.4 is 0 Å². The Morgan fingerprint density at radius 3 is 2.88 bits per heavy atom. The lowest BCUT2D eigenvalue weighted by molar-refractivity contribution is -0.130. The lowest BCUT2D eigenvalue weighted by Gasteiger charge is -2.30. The number of carbonyl (C=O) groups is 1. The van der Waals surface area contributed by atoms with Gasteiger partial charge < -0.3 is 4.90 Å². The second-order valence-electron chi connectivity index (χ2n) is 4.69. The Morgan fingerprint density at radius 2 is 2.18 bits per heavy atom. The predicted octanol–water partition coefficient (Wildman–Crippen LogP) is 3.04. The molecule has 92 valence electrons. The van der Waals surface area contributed by atoms with Gasteiger partial charge in [-0.05, 0) is 30.9 Å². The minimum Gasteiger partial charge on any atom is -0.342 e. The standard InChI is InChI=1S/C14H19NOS/c1-12-6-5-9-15(10-12)14(16)11-17-13-7-3-2-4-8-13/h2-4,7-8,12H,5-6,9-11H2,1H3/t12-/m1/s1. The molecule has 1 aliphatic rings. The van der Waals surface area contributed by atoms with Gasteiger partial charge in [0, 0.05) is 18.0 Å². The maximum absolute atomic E-state index is 12.0. The molecule has 1 saturated heterocycles. The van der Waals surface area contributed by atoms with Gasteiger partial charge in [-0.15, -0.1) is 11.8 Å². The van der Waals surface area contributed by atoms with Gasteiger partial charge in [-0.2, -0.15) is 0 Å². The first-order valence-electron chi connectivity index (χ1n) is 6.21. The highest BCUT2D eigenvalue weighted by Crippen LogP contribution is 2.20. The fourth-order valence-electron chi connectivity index (χ4n) is 2.17. The molecule has 0 spiro atoms. The maximum atomic E-state index is 12.0. The van der Waals surface area contributed by atoms with Gasteiger partial charge in [0.25, 0.3) is 0 Å². The van der Waals surface area contributed by atoms with Crippen LogP contribution in [0.15, 0.2) is 35.2 Å². The zero-order chi connectivity index (χ0) is 12.1. The molecule has 0 bridgehead atoms. The third-order valence-electron chi connectivity index (χ3n) is 3.12. The van der Waals surface area contributed by atoms with Crippen LogP contribution in [0.25, 0.3) is 0 Å². The van der Waals surface area contributed by atoms with E-state index in [1.165, 1.54) is 11.3 Å². The lowest BCUT2D eigenvalue weighted by Crippen LogP contribution is -2.40. The number of rotatable bonds is 3. The van der Waals surface area contributed by atoms with Crippen LogP contribution in [0.2, 0.25) is 0 Å². The molecule has 1 fully saturated rings. The maximum Gasteiger partial charge on any atom is 0.232 e. The summed E-state index contributed by atoms with van der Waals surface area (Å²) in [5.74, 6) is 1.51. The molecule has 0 N–H and O–H groups in total. The molecule has 1 aliphatic heterocycles. The van der Waals surface area contributed by atoms with E-state index in [4.69, 9.17) is 0 Å². The number of likely N-dealkylation sites (tertiary alicyclic amines) is 1. The summed E-state index contributed by atoms with van der Waals surface area (Å²) in [6, 6.07) is 10.1. The Kier molecular flexibility index (Phi) is 4.49. The van der Waals surface area contributed by atoms with Crippen molar-refractivity contribution in [1.29, 1.82) is 0 Å². The lowest BCUT2D eigenvalue weighted by atomic mass is 10.0. The van der Waals surface area contributed by atoms with Gasteiger partial charge in [-0.25, -0.2) is 0 Å². The molecule has 17 heavy (non-hydrogen) atoms. The summed E-state index contributed by atoms with van der Waals surface area (Å²) in [4.78, 5) is 15.2. The van der Waals surface area contributed by atoms with Crippen LogP contribution in [0.1, 0.15) is 19.8 Å². The van der Waals surface area contributed by atoms with E-state index < -0.39 is 0 Å². The summed E-state index contributed by atoms with van der Waals surface area (Å²) in [6.45, 7) is 4.11. The molecule has 0 aromatic heterocycles. The third kappa shape index (κ3) is 3.77. The minimum atomic E-state index is 0.283. The van der Waals surface area contributed by atoms with Crippen molar-refractivity contribution >= 4 is 17.7 Å². The van der Waals surface area contributed by atoms with Crippen molar-refractivity contribution in [2.24, 2.45) is 5.92 Å². The number of piperidine rings is 1. The number of hydrogen-bond acceptors (Lipinski definition) is 2. The Labute approximate surface area is 107 Å². The molecule has 1 heterocycles. The summed E-state index contributed by atoms with van der Waals surface area (Å²) >= 11 is 1.63. The zero-order valence-corrected chi connectivity index (χ0v) is 11.1. The van der Waals surface area contributed by atoms with Crippen molar-refractivity contribution in [3.63, 3.8) is 0 Å². The van der Waals surface area contributed by atoms with Crippen molar-refractivity contribution < 1.29 is 4.79 Å². The van der Waals surface area contributed by atoms with Crippen LogP contribution in [-0.4, -0.2) is 29.6 Å². The van der Waals surface area contributed by atoms with Gasteiger partial charge in [-0.3, -0.25) is 4.79 Å². The Balaban J connectivity index is 1.81. The molecule has 2 rings (SSSR count). The molecular weight excluding hydrogens is 230 g/mol. The molecule has 2 nitrogen and oxygen atoms in total. The highest BCUT2D eigenvalue weighted by Gasteiger charge is 2.20. The highest BCUT2D eigenvalue weighted by molar-refractivity contribution is 8.00. The molecule has 3 heteroatoms. The first-order valence-corrected chi connectivity index (χ1v) is 7.20. The SMILES string of the molecule is C[C@@H]1CCCN(C(=O)CSc2ccccc2)C1. The van der Waals surface area contributed by atoms with Crippen LogP contribution in [0.4, 0.5) is 0 Å². The van der Waals surface area contributed by atoms with E-state index in [1.807, 2.05) is 23.1 Å². The molecule has 0 unspecified atom stereocenters. The fraction of sp³-hybridized carbons (Fsp3) is 0.500. The van der Waals surface area contributed by atoms with E-state index >= 15 is 0 Å². The van der Waals surface area contributed by atoms with Gasteiger partial charge in [0.15, 0.2) is 0 Å². The first kappa shape index (κ1) is 12.5. The Hall–Kier alpha value is -0.960. The largest absolute Gasteiger partial charge is 0.342 e. The molecule has 1 amide bonds. The smallest absolute Gasteiger partial charge is 0.232 e. The molecule has 0 radical (unpaired) electrons. The second-order valence-corrected chi connectivity index (χ2v) is 5.74. The monoisotopic (exact) mass is 249 g/mol. The van der Waals surface area contributed by atoms with Gasteiger partial charge in [0.05, 0.1) is 5.75 Å². The van der Waals surface area contributed by atoms with Crippen LogP contribution >= 0.6 is 11.8 Å². The number of nitrogens with zero attached hydrogens (tertiary/aromatic N) is 1. The van der Waals surface area contributed by atoms with Crippen LogP contribution in [0.5, 0.6) is 0 Å². The molecule has 1 atom stereocenters. The molecule has 1 aromatic rings. The quantitative estimate of drug-likeness (QED) is 0.767. The van der Waals surface area contributed by atoms with Crippen molar-refractivity contribution in [3.8, 4) is 0 Å². The van der Waals surface area contributed by atoms with E-state index in [2.05, 4.69) is 19.1 Å². The number of hydrogen-bond donors (Lipinski definition) is 0. The normalized spacial score (nSPS) is 20.3. The Morgan fingerprint density at radius 1 is 1.41 bits per heavy atom. The summed E-state index contributed by atoms with van der Waals surface area (Å²) in [5.41, 5.74) is 0. The second kappa shape index (κ2) is 6.10. The first-order chi connectivity index (χ1) is 8.25. The fourth-order valence-corrected chi connectivity index (χ4v) is 2.99. The average molecular weight is 249 g/mol. The van der Waals surface area contributed by atoms with Gasteiger partial charge >= 0.3 is 0 Å². The Bertz CT molecular complexity index is 366. The average Bonchev–Trinajstić information content (AvgIpc) is 2.37. The summed E-state index contributed by atoms with van der Waals surface area (Å²) < 4.78 is 0. The van der Waals surface area contributed by atoms with E-state index in [0.717, 1.165) is 19.5 Å². The van der Waals surface area contributed by atoms with E-state index in [0.29, 0.717) is 11.7 Å². The van der Waals surface area contributed by atoms with Crippen LogP contribution in [0, 0.1) is 5.92 Å². The molecule has 1 aromatic carbocycles. The number of amides is 1. The molecule has 0 aliphatic carbocycles. The number of carbonyl (C=O) groups excluding carboxylic acids is 1. The highest BCUT2D eigenvalue weighted by atomic mass is 32.2. The van der Waals surface area contributed by atoms with E-state index in [-0.39, 0.29) is 5.91 Å². The van der Waals surface area contributed by atoms with Gasteiger partial charge in [0.2, 0.25) is 5.91 Å². The molecular formula is C14H19NOS. The van der Waals surface area contributed by atoms with Gasteiger partial charge in [-0.1, -0.05) is 25.1 Å². The van der Waals surface area contributed by atoms with Gasteiger partial charge in [0.1, 0.15) is 0 Å². The van der Waals surface area contributed by atoms with Crippen LogP contribution in [0.3, 0.4) is 0 Å². The summed E-state index contributed by atoms with van der Waals surface area (Å²) in [6.07, 6.45) is 2.42. The van der Waals surface area contributed by atoms with E-state index in [1.54, 1.807) is 11.8 Å². The van der Waals surface area contributed by atoms with Crippen LogP contribution in [-0.2, 0) is 4.79 Å². The van der Waals surface area contributed by atoms with Crippen molar-refractivity contribution in [3.05, 3.63) is 30.3 Å². The van der Waals surface area contributed by atoms with E-state index in [9.17, 15) is 4.79 Å². The van der Waals surface area contributed by atoms with Crippen molar-refractivity contribution in [2.45, 2.75) is 24.7 Å². The third-order valence-corrected chi connectivity index (χ3v) is 4.11. The zero-order valence-electron chi connectivity index (χ0n) is 10.3. The topological polar surface area (TPSA) is 20.3 Å². The van der Waals surface area contributed by atoms with Crippen molar-refractivity contribution in [2.75, 3.05) is 18.8 Å². The number of benzene rings is 1. The predicted molar refractivity (Wildman–Crippen MR) is 72.1 cm³/mol. The van der Waals surface area contributed by atoms with Crippen molar-refractivity contribution in [1.82, 2.24) is 4.90 Å². The summed E-state index contributed by atoms with van der Waals surface area (Å²) in [5, 5.41) is 0. The minimum absolute atomic E-state index is 0.283. The summed E-state index contributed by atoms with van der Waals surface area (Å²) in [7, 11) is 0. The number of thioether (sulfide) groups is 1.